The third kappa shape index (κ3) is 6.20. The highest BCUT2D eigenvalue weighted by atomic mass is 28.4. The molecule has 2 aromatic rings. The topological polar surface area (TPSA) is 9.23 Å². The first-order valence-electron chi connectivity index (χ1n) is 7.47. The zero-order valence-corrected chi connectivity index (χ0v) is 15.9. The summed E-state index contributed by atoms with van der Waals surface area (Å²) in [5.41, 5.74) is 9.87. The van der Waals surface area contributed by atoms with E-state index in [0.717, 1.165) is 0 Å². The average molecular weight is 337 g/mol. The standard InChI is InChI=1S/C12H10.C8H14OSi2/c1-3-7-11(8-4-1)12-9-5-2-6-10-12;1-5-10-9-11(6-2,7-3)8-4/h1-10H;5-8H,1-4,10H2. The lowest BCUT2D eigenvalue weighted by Gasteiger charge is -2.18. The smallest absolute Gasteiger partial charge is 0.254 e. The van der Waals surface area contributed by atoms with Crippen molar-refractivity contribution in [1.82, 2.24) is 0 Å². The molecule has 1 nitrogen and oxygen atoms in total. The molecule has 2 rings (SSSR count). The lowest BCUT2D eigenvalue weighted by molar-refractivity contribution is 0.627. The molecule has 23 heavy (non-hydrogen) atoms. The van der Waals surface area contributed by atoms with E-state index < -0.39 is 18.1 Å². The first-order chi connectivity index (χ1) is 11.2. The molecule has 0 radical (unpaired) electrons. The van der Waals surface area contributed by atoms with Gasteiger partial charge < -0.3 is 4.12 Å². The van der Waals surface area contributed by atoms with Crippen molar-refractivity contribution in [1.29, 1.82) is 0 Å². The van der Waals surface area contributed by atoms with Gasteiger partial charge in [-0.1, -0.05) is 83.5 Å². The van der Waals surface area contributed by atoms with Gasteiger partial charge in [0.2, 0.25) is 0 Å². The summed E-state index contributed by atoms with van der Waals surface area (Å²) in [6, 6.07) is 20.8. The van der Waals surface area contributed by atoms with Gasteiger partial charge in [-0.3, -0.25) is 0 Å². The van der Waals surface area contributed by atoms with Crippen LogP contribution < -0.4 is 0 Å². The summed E-state index contributed by atoms with van der Waals surface area (Å²) in [5.74, 6) is 0. The highest BCUT2D eigenvalue weighted by Crippen LogP contribution is 2.17. The van der Waals surface area contributed by atoms with Gasteiger partial charge in [-0.25, -0.2) is 0 Å². The summed E-state index contributed by atoms with van der Waals surface area (Å²) in [6.07, 6.45) is 0. The van der Waals surface area contributed by atoms with Crippen molar-refractivity contribution in [2.45, 2.75) is 0 Å². The molecule has 3 heteroatoms. The van der Waals surface area contributed by atoms with Crippen LogP contribution in [0, 0.1) is 0 Å². The zero-order chi connectivity index (χ0) is 17.0. The predicted molar refractivity (Wildman–Crippen MR) is 108 cm³/mol. The van der Waals surface area contributed by atoms with Crippen molar-refractivity contribution in [2.75, 3.05) is 0 Å². The summed E-state index contributed by atoms with van der Waals surface area (Å²) in [4.78, 5) is 0. The fourth-order valence-electron chi connectivity index (χ4n) is 1.89. The first kappa shape index (κ1) is 18.8. The second-order valence-corrected chi connectivity index (χ2v) is 9.79. The summed E-state index contributed by atoms with van der Waals surface area (Å²) in [6.45, 7) is 14.8. The maximum Gasteiger partial charge on any atom is 0.254 e. The lowest BCUT2D eigenvalue weighted by Crippen LogP contribution is -2.32. The maximum absolute atomic E-state index is 5.63. The normalized spacial score (nSPS) is 10.4. The van der Waals surface area contributed by atoms with E-state index in [4.69, 9.17) is 4.12 Å². The van der Waals surface area contributed by atoms with Gasteiger partial charge in [-0.2, -0.15) is 0 Å². The van der Waals surface area contributed by atoms with Crippen molar-refractivity contribution in [2.24, 2.45) is 0 Å². The Bertz CT molecular complexity index is 561. The van der Waals surface area contributed by atoms with Crippen LogP contribution in [0.3, 0.4) is 0 Å². The SMILES string of the molecule is C=C[SiH2]O[Si](C=C)(C=C)C=C.c1ccc(-c2ccccc2)cc1. The fraction of sp³-hybridized carbons (Fsp3) is 0. The molecule has 0 fully saturated rings. The molecule has 0 saturated carbocycles. The Morgan fingerprint density at radius 1 is 0.696 bits per heavy atom. The minimum Gasteiger partial charge on any atom is -0.448 e. The Hall–Kier alpha value is -2.21. The van der Waals surface area contributed by atoms with E-state index in [-0.39, 0.29) is 0 Å². The van der Waals surface area contributed by atoms with Crippen molar-refractivity contribution < 1.29 is 4.12 Å². The highest BCUT2D eigenvalue weighted by molar-refractivity contribution is 6.90. The maximum atomic E-state index is 5.63. The molecule has 0 spiro atoms. The third-order valence-electron chi connectivity index (χ3n) is 3.29. The molecular formula is C20H24OSi2. The van der Waals surface area contributed by atoms with Crippen molar-refractivity contribution >= 4 is 18.1 Å². The van der Waals surface area contributed by atoms with Gasteiger partial charge in [-0.05, 0) is 11.1 Å². The Kier molecular flexibility index (Phi) is 8.61. The van der Waals surface area contributed by atoms with E-state index in [2.05, 4.69) is 74.8 Å². The van der Waals surface area contributed by atoms with Crippen molar-refractivity contribution in [3.63, 3.8) is 0 Å². The third-order valence-corrected chi connectivity index (χ3v) is 8.11. The second kappa shape index (κ2) is 10.5. The molecule has 2 aromatic carbocycles. The van der Waals surface area contributed by atoms with Gasteiger partial charge in [-0.15, -0.1) is 26.3 Å². The molecule has 0 heterocycles. The van der Waals surface area contributed by atoms with Crippen LogP contribution in [0.5, 0.6) is 0 Å². The van der Waals surface area contributed by atoms with Gasteiger partial charge in [0.1, 0.15) is 0 Å². The monoisotopic (exact) mass is 336 g/mol. The molecule has 118 valence electrons. The van der Waals surface area contributed by atoms with Crippen molar-refractivity contribution in [3.8, 4) is 11.1 Å². The predicted octanol–water partition coefficient (Wildman–Crippen LogP) is 4.71. The van der Waals surface area contributed by atoms with Gasteiger partial charge in [0, 0.05) is 0 Å². The Labute approximate surface area is 143 Å². The van der Waals surface area contributed by atoms with E-state index >= 15 is 0 Å². The highest BCUT2D eigenvalue weighted by Gasteiger charge is 2.21. The summed E-state index contributed by atoms with van der Waals surface area (Å²) in [5, 5.41) is 0. The fourth-order valence-corrected chi connectivity index (χ4v) is 5.43. The molecule has 0 amide bonds. The number of hydrogen-bond donors (Lipinski definition) is 0. The molecule has 0 aromatic heterocycles. The number of benzene rings is 2. The lowest BCUT2D eigenvalue weighted by atomic mass is 10.1. The second-order valence-electron chi connectivity index (χ2n) is 4.80. The van der Waals surface area contributed by atoms with E-state index in [0.29, 0.717) is 0 Å². The molecule has 0 aliphatic rings. The van der Waals surface area contributed by atoms with Crippen LogP contribution in [0.4, 0.5) is 0 Å². The molecule has 0 saturated heterocycles. The van der Waals surface area contributed by atoms with E-state index in [1.807, 2.05) is 34.9 Å². The molecule has 0 bridgehead atoms. The van der Waals surface area contributed by atoms with Gasteiger partial charge in [0.15, 0.2) is 9.76 Å². The van der Waals surface area contributed by atoms with E-state index in [1.54, 1.807) is 0 Å². The number of rotatable bonds is 7. The van der Waals surface area contributed by atoms with Crippen LogP contribution in [0.2, 0.25) is 0 Å². The van der Waals surface area contributed by atoms with Crippen LogP contribution in [0.15, 0.2) is 110 Å². The summed E-state index contributed by atoms with van der Waals surface area (Å²) in [7, 11) is -2.56. The minimum atomic E-state index is -1.96. The Balaban J connectivity index is 0.000000232. The zero-order valence-electron chi connectivity index (χ0n) is 13.5. The van der Waals surface area contributed by atoms with Gasteiger partial charge in [0.05, 0.1) is 0 Å². The Morgan fingerprint density at radius 3 is 1.39 bits per heavy atom. The largest absolute Gasteiger partial charge is 0.448 e. The average Bonchev–Trinajstić information content (AvgIpc) is 2.65. The first-order valence-corrected chi connectivity index (χ1v) is 11.0. The Morgan fingerprint density at radius 2 is 1.09 bits per heavy atom. The van der Waals surface area contributed by atoms with E-state index in [9.17, 15) is 0 Å². The van der Waals surface area contributed by atoms with Gasteiger partial charge in [0.25, 0.3) is 8.32 Å². The quantitative estimate of drug-likeness (QED) is 0.666. The summed E-state index contributed by atoms with van der Waals surface area (Å²) < 4.78 is 5.63. The van der Waals surface area contributed by atoms with Crippen molar-refractivity contribution in [3.05, 3.63) is 110 Å². The van der Waals surface area contributed by atoms with Crippen LogP contribution >= 0.6 is 0 Å². The molecule has 0 N–H and O–H groups in total. The molecule has 0 aliphatic carbocycles. The van der Waals surface area contributed by atoms with Crippen LogP contribution in [-0.4, -0.2) is 18.1 Å². The van der Waals surface area contributed by atoms with Crippen LogP contribution in [-0.2, 0) is 4.12 Å². The van der Waals surface area contributed by atoms with Gasteiger partial charge >= 0.3 is 0 Å². The van der Waals surface area contributed by atoms with E-state index in [1.165, 1.54) is 11.1 Å². The molecule has 0 unspecified atom stereocenters. The summed E-state index contributed by atoms with van der Waals surface area (Å²) >= 11 is 0. The van der Waals surface area contributed by atoms with Crippen LogP contribution in [0.1, 0.15) is 0 Å². The molecule has 0 aliphatic heterocycles. The molecule has 0 atom stereocenters. The molecular weight excluding hydrogens is 312 g/mol. The minimum absolute atomic E-state index is 0.604. The number of hydrogen-bond acceptors (Lipinski definition) is 1. The van der Waals surface area contributed by atoms with Crippen LogP contribution in [0.25, 0.3) is 11.1 Å².